The van der Waals surface area contributed by atoms with Crippen LogP contribution in [0.1, 0.15) is 17.5 Å². The van der Waals surface area contributed by atoms with E-state index >= 15 is 0 Å². The van der Waals surface area contributed by atoms with Crippen molar-refractivity contribution in [2.45, 2.75) is 6.92 Å². The molecule has 2 aliphatic heterocycles. The number of rotatable bonds is 3. The third kappa shape index (κ3) is 3.77. The van der Waals surface area contributed by atoms with E-state index in [4.69, 9.17) is 9.72 Å². The number of nitrogens with one attached hydrogen (secondary N) is 1. The van der Waals surface area contributed by atoms with Crippen LogP contribution in [0.25, 0.3) is 22.6 Å². The SMILES string of the molecule is CC(=O)N1CCN(C(=O)c2nc3c(N4CCOCC4)nc(-c4cnn(C)c4)nc3[nH]2)CC1. The first-order chi connectivity index (χ1) is 15.5. The minimum absolute atomic E-state index is 0.0224. The van der Waals surface area contributed by atoms with Gasteiger partial charge in [0.25, 0.3) is 5.91 Å². The molecule has 12 nitrogen and oxygen atoms in total. The standard InChI is InChI=1S/C20H25N9O3/c1-13(30)27-3-5-29(6-4-27)20(31)18-22-15-17(24-18)23-16(14-11-21-26(2)12-14)25-19(15)28-7-9-32-10-8-28/h11-12H,3-10H2,1-2H3,(H,22,23,24,25). The molecule has 32 heavy (non-hydrogen) atoms. The van der Waals surface area contributed by atoms with E-state index in [-0.39, 0.29) is 17.6 Å². The molecular formula is C20H25N9O3. The Hall–Kier alpha value is -3.54. The normalized spacial score (nSPS) is 17.2. The summed E-state index contributed by atoms with van der Waals surface area (Å²) in [6.45, 7) is 6.09. The summed E-state index contributed by atoms with van der Waals surface area (Å²) < 4.78 is 7.18. The van der Waals surface area contributed by atoms with Crippen molar-refractivity contribution in [2.75, 3.05) is 57.4 Å². The summed E-state index contributed by atoms with van der Waals surface area (Å²) in [6.07, 6.45) is 3.56. The number of anilines is 1. The van der Waals surface area contributed by atoms with Crippen LogP contribution in [0.2, 0.25) is 0 Å². The van der Waals surface area contributed by atoms with Crippen LogP contribution in [0.4, 0.5) is 5.82 Å². The van der Waals surface area contributed by atoms with Gasteiger partial charge < -0.3 is 24.4 Å². The fourth-order valence-corrected chi connectivity index (χ4v) is 4.02. The van der Waals surface area contributed by atoms with E-state index in [0.29, 0.717) is 75.3 Å². The van der Waals surface area contributed by atoms with Crippen molar-refractivity contribution in [3.8, 4) is 11.4 Å². The summed E-state index contributed by atoms with van der Waals surface area (Å²) >= 11 is 0. The van der Waals surface area contributed by atoms with Crippen LogP contribution in [-0.4, -0.2) is 104 Å². The highest BCUT2D eigenvalue weighted by Gasteiger charge is 2.27. The molecule has 3 aromatic rings. The van der Waals surface area contributed by atoms with E-state index < -0.39 is 0 Å². The quantitative estimate of drug-likeness (QED) is 0.600. The number of amides is 2. The van der Waals surface area contributed by atoms with Gasteiger partial charge in [-0.2, -0.15) is 5.10 Å². The number of H-pyrrole nitrogens is 1. The Morgan fingerprint density at radius 3 is 2.38 bits per heavy atom. The maximum atomic E-state index is 13.1. The van der Waals surface area contributed by atoms with Crippen molar-refractivity contribution in [3.63, 3.8) is 0 Å². The van der Waals surface area contributed by atoms with Crippen molar-refractivity contribution in [1.29, 1.82) is 0 Å². The van der Waals surface area contributed by atoms with E-state index in [1.54, 1.807) is 27.6 Å². The highest BCUT2D eigenvalue weighted by Crippen LogP contribution is 2.27. The van der Waals surface area contributed by atoms with Crippen LogP contribution in [-0.2, 0) is 16.6 Å². The van der Waals surface area contributed by atoms with Crippen LogP contribution in [0.15, 0.2) is 12.4 Å². The summed E-state index contributed by atoms with van der Waals surface area (Å²) in [5.41, 5.74) is 1.85. The number of carbonyl (C=O) groups is 2. The van der Waals surface area contributed by atoms with Crippen molar-refractivity contribution in [1.82, 2.24) is 39.5 Å². The van der Waals surface area contributed by atoms with Gasteiger partial charge in [0.05, 0.1) is 25.0 Å². The number of hydrogen-bond acceptors (Lipinski definition) is 8. The lowest BCUT2D eigenvalue weighted by Crippen LogP contribution is -2.50. The highest BCUT2D eigenvalue weighted by molar-refractivity contribution is 5.96. The zero-order valence-electron chi connectivity index (χ0n) is 18.1. The van der Waals surface area contributed by atoms with Crippen molar-refractivity contribution in [2.24, 2.45) is 7.05 Å². The van der Waals surface area contributed by atoms with Gasteiger partial charge in [-0.3, -0.25) is 14.3 Å². The second-order valence-corrected chi connectivity index (χ2v) is 7.95. The summed E-state index contributed by atoms with van der Waals surface area (Å²) in [7, 11) is 1.84. The van der Waals surface area contributed by atoms with Gasteiger partial charge in [0.2, 0.25) is 5.91 Å². The van der Waals surface area contributed by atoms with Crippen molar-refractivity contribution in [3.05, 3.63) is 18.2 Å². The van der Waals surface area contributed by atoms with Crippen LogP contribution in [0, 0.1) is 0 Å². The monoisotopic (exact) mass is 439 g/mol. The molecule has 2 aliphatic rings. The molecule has 5 heterocycles. The molecule has 2 saturated heterocycles. The first kappa shape index (κ1) is 20.4. The van der Waals surface area contributed by atoms with E-state index in [1.807, 2.05) is 13.2 Å². The fraction of sp³-hybridized carbons (Fsp3) is 0.500. The van der Waals surface area contributed by atoms with Crippen molar-refractivity contribution >= 4 is 28.8 Å². The lowest BCUT2D eigenvalue weighted by atomic mass is 10.3. The molecule has 12 heteroatoms. The molecule has 0 aromatic carbocycles. The third-order valence-electron chi connectivity index (χ3n) is 5.81. The van der Waals surface area contributed by atoms with Gasteiger partial charge in [-0.15, -0.1) is 0 Å². The minimum atomic E-state index is -0.206. The van der Waals surface area contributed by atoms with Crippen molar-refractivity contribution < 1.29 is 14.3 Å². The topological polar surface area (TPSA) is 125 Å². The lowest BCUT2D eigenvalue weighted by molar-refractivity contribution is -0.130. The molecule has 1 N–H and O–H groups in total. The maximum absolute atomic E-state index is 13.1. The average molecular weight is 439 g/mol. The molecule has 0 spiro atoms. The predicted molar refractivity (Wildman–Crippen MR) is 115 cm³/mol. The Bertz CT molecular complexity index is 1160. The molecule has 0 saturated carbocycles. The number of fused-ring (bicyclic) bond motifs is 1. The van der Waals surface area contributed by atoms with E-state index in [2.05, 4.69) is 25.0 Å². The van der Waals surface area contributed by atoms with E-state index in [9.17, 15) is 9.59 Å². The largest absolute Gasteiger partial charge is 0.378 e. The summed E-state index contributed by atoms with van der Waals surface area (Å²) in [5, 5.41) is 4.22. The van der Waals surface area contributed by atoms with Gasteiger partial charge in [0.1, 0.15) is 0 Å². The Balaban J connectivity index is 1.50. The zero-order chi connectivity index (χ0) is 22.2. The average Bonchev–Trinajstić information content (AvgIpc) is 3.45. The second kappa shape index (κ2) is 8.19. The Morgan fingerprint density at radius 2 is 1.72 bits per heavy atom. The molecule has 2 amide bonds. The number of ether oxygens (including phenoxy) is 1. The molecule has 0 aliphatic carbocycles. The van der Waals surface area contributed by atoms with Gasteiger partial charge in [-0.25, -0.2) is 15.0 Å². The predicted octanol–water partition coefficient (Wildman–Crippen LogP) is -0.106. The summed E-state index contributed by atoms with van der Waals surface area (Å²) in [5.74, 6) is 1.23. The van der Waals surface area contributed by atoms with E-state index in [1.165, 1.54) is 0 Å². The Morgan fingerprint density at radius 1 is 1.00 bits per heavy atom. The van der Waals surface area contributed by atoms with Crippen LogP contribution >= 0.6 is 0 Å². The number of aromatic amines is 1. The molecular weight excluding hydrogens is 414 g/mol. The van der Waals surface area contributed by atoms with Gasteiger partial charge in [0.15, 0.2) is 28.6 Å². The van der Waals surface area contributed by atoms with Crippen LogP contribution in [0.3, 0.4) is 0 Å². The van der Waals surface area contributed by atoms with Gasteiger partial charge in [-0.05, 0) is 0 Å². The molecule has 3 aromatic heterocycles. The second-order valence-electron chi connectivity index (χ2n) is 7.95. The van der Waals surface area contributed by atoms with Crippen LogP contribution < -0.4 is 4.90 Å². The molecule has 0 unspecified atom stereocenters. The first-order valence-electron chi connectivity index (χ1n) is 10.6. The smallest absolute Gasteiger partial charge is 0.289 e. The van der Waals surface area contributed by atoms with Gasteiger partial charge in [-0.1, -0.05) is 0 Å². The number of imidazole rings is 1. The number of carbonyl (C=O) groups excluding carboxylic acids is 2. The molecule has 0 radical (unpaired) electrons. The number of aromatic nitrogens is 6. The molecule has 0 bridgehead atoms. The molecule has 2 fully saturated rings. The third-order valence-corrected chi connectivity index (χ3v) is 5.81. The Labute approximate surface area is 184 Å². The minimum Gasteiger partial charge on any atom is -0.378 e. The summed E-state index contributed by atoms with van der Waals surface area (Å²) in [6, 6.07) is 0. The number of piperazine rings is 1. The molecule has 0 atom stereocenters. The first-order valence-corrected chi connectivity index (χ1v) is 10.6. The molecule has 168 valence electrons. The number of morpholine rings is 1. The van der Waals surface area contributed by atoms with Gasteiger partial charge >= 0.3 is 0 Å². The summed E-state index contributed by atoms with van der Waals surface area (Å²) in [4.78, 5) is 47.4. The van der Waals surface area contributed by atoms with Gasteiger partial charge in [0, 0.05) is 59.4 Å². The lowest BCUT2D eigenvalue weighted by Gasteiger charge is -2.33. The zero-order valence-corrected chi connectivity index (χ0v) is 18.1. The Kier molecular flexibility index (Phi) is 5.21. The number of aryl methyl sites for hydroxylation is 1. The van der Waals surface area contributed by atoms with E-state index in [0.717, 1.165) is 5.56 Å². The molecule has 5 rings (SSSR count). The number of hydrogen-bond donors (Lipinski definition) is 1. The fourth-order valence-electron chi connectivity index (χ4n) is 4.02. The van der Waals surface area contributed by atoms with Crippen LogP contribution in [0.5, 0.6) is 0 Å². The highest BCUT2D eigenvalue weighted by atomic mass is 16.5. The maximum Gasteiger partial charge on any atom is 0.289 e. The number of nitrogens with zero attached hydrogens (tertiary/aromatic N) is 8.